The zero-order chi connectivity index (χ0) is 15.2. The van der Waals surface area contributed by atoms with Crippen LogP contribution < -0.4 is 10.3 Å². The van der Waals surface area contributed by atoms with Crippen LogP contribution in [0.25, 0.3) is 0 Å². The Kier molecular flexibility index (Phi) is 4.96. The minimum atomic E-state index is -0.0782. The molecular formula is C17H23N3O2. The quantitative estimate of drug-likeness (QED) is 0.772. The number of nitrogens with zero attached hydrogens (tertiary/aromatic N) is 1. The van der Waals surface area contributed by atoms with Gasteiger partial charge in [0, 0.05) is 18.3 Å². The average molecular weight is 301 g/mol. The third-order valence-corrected chi connectivity index (χ3v) is 4.01. The fraction of sp³-hybridized carbons (Fsp3) is 0.471. The van der Waals surface area contributed by atoms with E-state index < -0.39 is 0 Å². The van der Waals surface area contributed by atoms with Crippen molar-refractivity contribution in [3.63, 3.8) is 0 Å². The Balaban J connectivity index is 1.44. The summed E-state index contributed by atoms with van der Waals surface area (Å²) in [4.78, 5) is 13.5. The third-order valence-electron chi connectivity index (χ3n) is 4.01. The van der Waals surface area contributed by atoms with Crippen LogP contribution in [0, 0.1) is 0 Å². The number of hydrogen-bond donors (Lipinski definition) is 2. The first-order chi connectivity index (χ1) is 10.8. The molecule has 0 bridgehead atoms. The number of nitrogens with one attached hydrogen (secondary N) is 2. The van der Waals surface area contributed by atoms with Crippen LogP contribution >= 0.6 is 0 Å². The molecule has 1 aromatic heterocycles. The lowest BCUT2D eigenvalue weighted by atomic mass is 10.2. The van der Waals surface area contributed by atoms with Gasteiger partial charge in [0.2, 0.25) is 0 Å². The van der Waals surface area contributed by atoms with Crippen LogP contribution in [0.2, 0.25) is 0 Å². The van der Waals surface area contributed by atoms with Crippen LogP contribution in [0.4, 0.5) is 0 Å². The number of likely N-dealkylation sites (tertiary alicyclic amines) is 1. The van der Waals surface area contributed by atoms with Gasteiger partial charge in [-0.1, -0.05) is 12.1 Å². The van der Waals surface area contributed by atoms with Crippen molar-refractivity contribution in [1.82, 2.24) is 15.1 Å². The van der Waals surface area contributed by atoms with Crippen LogP contribution in [-0.2, 0) is 13.0 Å². The summed E-state index contributed by atoms with van der Waals surface area (Å²) in [5.74, 6) is 0.930. The number of rotatable bonds is 7. The van der Waals surface area contributed by atoms with Crippen molar-refractivity contribution >= 4 is 0 Å². The molecule has 0 radical (unpaired) electrons. The van der Waals surface area contributed by atoms with Crippen molar-refractivity contribution in [2.75, 3.05) is 19.7 Å². The van der Waals surface area contributed by atoms with Gasteiger partial charge in [-0.05, 0) is 56.5 Å². The number of benzene rings is 1. The highest BCUT2D eigenvalue weighted by molar-refractivity contribution is 5.28. The van der Waals surface area contributed by atoms with E-state index in [1.54, 1.807) is 6.07 Å². The maximum atomic E-state index is 11.0. The molecule has 1 aliphatic rings. The first-order valence-corrected chi connectivity index (χ1v) is 8.00. The standard InChI is InChI=1S/C17H23N3O2/c21-17-12-15(18-19-17)6-4-10-22-16-7-3-5-14(11-16)13-20-8-1-2-9-20/h3,5,7,11-12H,1-2,4,6,8-10,13H2,(H2,18,19,21). The van der Waals surface area contributed by atoms with E-state index in [-0.39, 0.29) is 5.56 Å². The smallest absolute Gasteiger partial charge is 0.264 e. The highest BCUT2D eigenvalue weighted by atomic mass is 16.5. The van der Waals surface area contributed by atoms with Gasteiger partial charge in [0.1, 0.15) is 5.75 Å². The summed E-state index contributed by atoms with van der Waals surface area (Å²) in [7, 11) is 0. The number of H-pyrrole nitrogens is 2. The predicted octanol–water partition coefficient (Wildman–Crippen LogP) is 2.31. The second kappa shape index (κ2) is 7.31. The van der Waals surface area contributed by atoms with Crippen LogP contribution in [0.3, 0.4) is 0 Å². The number of ether oxygens (including phenoxy) is 1. The van der Waals surface area contributed by atoms with E-state index in [1.165, 1.54) is 31.5 Å². The van der Waals surface area contributed by atoms with E-state index in [9.17, 15) is 4.79 Å². The van der Waals surface area contributed by atoms with Crippen LogP contribution in [0.5, 0.6) is 5.75 Å². The van der Waals surface area contributed by atoms with E-state index in [0.717, 1.165) is 30.8 Å². The maximum Gasteiger partial charge on any atom is 0.264 e. The highest BCUT2D eigenvalue weighted by Gasteiger charge is 2.11. The SMILES string of the molecule is O=c1cc(CCCOc2cccc(CN3CCCC3)c2)[nH][nH]1. The monoisotopic (exact) mass is 301 g/mol. The lowest BCUT2D eigenvalue weighted by Crippen LogP contribution is -2.18. The molecule has 2 aromatic rings. The lowest BCUT2D eigenvalue weighted by molar-refractivity contribution is 0.307. The second-order valence-corrected chi connectivity index (χ2v) is 5.87. The van der Waals surface area contributed by atoms with Crippen molar-refractivity contribution in [3.8, 4) is 5.75 Å². The second-order valence-electron chi connectivity index (χ2n) is 5.87. The van der Waals surface area contributed by atoms with Gasteiger partial charge in [-0.25, -0.2) is 0 Å². The van der Waals surface area contributed by atoms with Gasteiger partial charge in [-0.15, -0.1) is 0 Å². The van der Waals surface area contributed by atoms with Crippen LogP contribution in [0.1, 0.15) is 30.5 Å². The predicted molar refractivity (Wildman–Crippen MR) is 86.2 cm³/mol. The first kappa shape index (κ1) is 14.9. The summed E-state index contributed by atoms with van der Waals surface area (Å²) in [6.07, 6.45) is 4.32. The fourth-order valence-corrected chi connectivity index (χ4v) is 2.89. The van der Waals surface area contributed by atoms with Crippen molar-refractivity contribution in [3.05, 3.63) is 51.9 Å². The summed E-state index contributed by atoms with van der Waals surface area (Å²) < 4.78 is 5.82. The van der Waals surface area contributed by atoms with Gasteiger partial charge < -0.3 is 9.84 Å². The first-order valence-electron chi connectivity index (χ1n) is 8.00. The Morgan fingerprint density at radius 1 is 1.14 bits per heavy atom. The van der Waals surface area contributed by atoms with E-state index >= 15 is 0 Å². The molecule has 0 unspecified atom stereocenters. The van der Waals surface area contributed by atoms with E-state index in [1.807, 2.05) is 6.07 Å². The lowest BCUT2D eigenvalue weighted by Gasteiger charge is -2.15. The summed E-state index contributed by atoms with van der Waals surface area (Å²) in [6.45, 7) is 4.09. The molecular weight excluding hydrogens is 278 g/mol. The van der Waals surface area contributed by atoms with E-state index in [0.29, 0.717) is 6.61 Å². The summed E-state index contributed by atoms with van der Waals surface area (Å²) >= 11 is 0. The maximum absolute atomic E-state index is 11.0. The molecule has 0 spiro atoms. The van der Waals surface area contributed by atoms with Gasteiger partial charge in [0.15, 0.2) is 0 Å². The molecule has 5 heteroatoms. The molecule has 0 atom stereocenters. The average Bonchev–Trinajstić information content (AvgIpc) is 3.16. The minimum absolute atomic E-state index is 0.0782. The van der Waals surface area contributed by atoms with Crippen molar-refractivity contribution in [1.29, 1.82) is 0 Å². The Labute approximate surface area is 130 Å². The Morgan fingerprint density at radius 3 is 2.77 bits per heavy atom. The molecule has 1 fully saturated rings. The topological polar surface area (TPSA) is 61.1 Å². The largest absolute Gasteiger partial charge is 0.494 e. The zero-order valence-corrected chi connectivity index (χ0v) is 12.8. The molecule has 0 saturated carbocycles. The normalized spacial score (nSPS) is 15.3. The minimum Gasteiger partial charge on any atom is -0.494 e. The van der Waals surface area contributed by atoms with Crippen molar-refractivity contribution in [2.24, 2.45) is 0 Å². The Hall–Kier alpha value is -2.01. The number of aromatic nitrogens is 2. The molecule has 0 aliphatic carbocycles. The van der Waals surface area contributed by atoms with Crippen LogP contribution in [-0.4, -0.2) is 34.8 Å². The molecule has 1 aliphatic heterocycles. The third kappa shape index (κ3) is 4.24. The summed E-state index contributed by atoms with van der Waals surface area (Å²) in [5, 5.41) is 5.40. The van der Waals surface area contributed by atoms with E-state index in [4.69, 9.17) is 4.74 Å². The molecule has 0 amide bonds. The van der Waals surface area contributed by atoms with Crippen molar-refractivity contribution < 1.29 is 4.74 Å². The molecule has 5 nitrogen and oxygen atoms in total. The number of aryl methyl sites for hydroxylation is 1. The molecule has 2 N–H and O–H groups in total. The van der Waals surface area contributed by atoms with Gasteiger partial charge in [-0.3, -0.25) is 14.8 Å². The number of aromatic amines is 2. The molecule has 3 rings (SSSR count). The molecule has 2 heterocycles. The Bertz CT molecular complexity index is 641. The fourth-order valence-electron chi connectivity index (χ4n) is 2.89. The zero-order valence-electron chi connectivity index (χ0n) is 12.8. The van der Waals surface area contributed by atoms with E-state index in [2.05, 4.69) is 33.3 Å². The molecule has 22 heavy (non-hydrogen) atoms. The molecule has 118 valence electrons. The van der Waals surface area contributed by atoms with Gasteiger partial charge in [0.05, 0.1) is 6.61 Å². The molecule has 1 saturated heterocycles. The van der Waals surface area contributed by atoms with Crippen molar-refractivity contribution in [2.45, 2.75) is 32.2 Å². The molecule has 1 aromatic carbocycles. The highest BCUT2D eigenvalue weighted by Crippen LogP contribution is 2.17. The Morgan fingerprint density at radius 2 is 2.00 bits per heavy atom. The summed E-state index contributed by atoms with van der Waals surface area (Å²) in [6, 6.07) is 9.96. The summed E-state index contributed by atoms with van der Waals surface area (Å²) in [5.41, 5.74) is 2.16. The van der Waals surface area contributed by atoms with Crippen LogP contribution in [0.15, 0.2) is 35.1 Å². The van der Waals surface area contributed by atoms with Gasteiger partial charge in [-0.2, -0.15) is 0 Å². The van der Waals surface area contributed by atoms with Gasteiger partial charge in [0.25, 0.3) is 5.56 Å². The van der Waals surface area contributed by atoms with Gasteiger partial charge >= 0.3 is 0 Å². The number of hydrogen-bond acceptors (Lipinski definition) is 3.